The van der Waals surface area contributed by atoms with E-state index in [4.69, 9.17) is 0 Å². The molecule has 1 aliphatic rings. The molecule has 0 fully saturated rings. The average Bonchev–Trinajstić information content (AvgIpc) is 3.78. The minimum absolute atomic E-state index is 1.10. The van der Waals surface area contributed by atoms with Crippen LogP contribution >= 0.6 is 0 Å². The van der Waals surface area contributed by atoms with Gasteiger partial charge in [0.05, 0.1) is 16.7 Å². The average molecular weight is 711 g/mol. The molecule has 2 heteroatoms. The van der Waals surface area contributed by atoms with E-state index in [1.165, 1.54) is 87.5 Å². The van der Waals surface area contributed by atoms with Gasteiger partial charge >= 0.3 is 0 Å². The Balaban J connectivity index is 1.16. The molecule has 0 radical (unpaired) electrons. The van der Waals surface area contributed by atoms with Crippen molar-refractivity contribution in [2.24, 2.45) is 0 Å². The van der Waals surface area contributed by atoms with Gasteiger partial charge in [0.1, 0.15) is 0 Å². The first-order valence-electron chi connectivity index (χ1n) is 19.3. The van der Waals surface area contributed by atoms with Crippen molar-refractivity contribution in [2.75, 3.05) is 4.90 Å². The molecular weight excluding hydrogens is 677 g/mol. The zero-order valence-corrected chi connectivity index (χ0v) is 30.5. The van der Waals surface area contributed by atoms with Crippen LogP contribution in [0.15, 0.2) is 206 Å². The van der Waals surface area contributed by atoms with Gasteiger partial charge in [0, 0.05) is 39.0 Å². The zero-order chi connectivity index (χ0) is 36.7. The molecule has 1 aliphatic carbocycles. The monoisotopic (exact) mass is 710 g/mol. The van der Waals surface area contributed by atoms with Crippen molar-refractivity contribution in [3.63, 3.8) is 0 Å². The summed E-state index contributed by atoms with van der Waals surface area (Å²) in [5, 5.41) is 10.1. The summed E-state index contributed by atoms with van der Waals surface area (Å²) in [6, 6.07) is 75.9. The van der Waals surface area contributed by atoms with Crippen molar-refractivity contribution in [2.45, 2.75) is 0 Å². The van der Waals surface area contributed by atoms with Crippen LogP contribution in [0.5, 0.6) is 0 Å². The lowest BCUT2D eigenvalue weighted by atomic mass is 9.94. The zero-order valence-electron chi connectivity index (χ0n) is 30.5. The van der Waals surface area contributed by atoms with Crippen LogP contribution < -0.4 is 4.90 Å². The summed E-state index contributed by atoms with van der Waals surface area (Å²) < 4.78 is 2.44. The first-order valence-corrected chi connectivity index (χ1v) is 19.3. The van der Waals surface area contributed by atoms with Gasteiger partial charge < -0.3 is 9.47 Å². The van der Waals surface area contributed by atoms with Crippen LogP contribution in [0.2, 0.25) is 0 Å². The Hall–Kier alpha value is -7.42. The van der Waals surface area contributed by atoms with E-state index < -0.39 is 0 Å². The maximum atomic E-state index is 2.49. The summed E-state index contributed by atoms with van der Waals surface area (Å²) in [6.45, 7) is 0. The summed E-state index contributed by atoms with van der Waals surface area (Å²) in [5.74, 6) is 0. The van der Waals surface area contributed by atoms with Crippen LogP contribution in [0.3, 0.4) is 0 Å². The minimum atomic E-state index is 1.10. The fraction of sp³-hybridized carbons (Fsp3) is 0. The standard InChI is InChI=1S/C54H34N2/c1-2-13-35(14-3-1)38-18-10-20-41(32-38)55(50-26-12-24-48-47-23-11-19-40-31-39-17-6-7-21-44(39)54(52(40)47)53(48)50)43-29-30-46-45-22-8-9-25-49(45)56(51(46)34-43)42-28-27-36-15-4-5-16-37(36)33-42/h1-34H. The third-order valence-corrected chi connectivity index (χ3v) is 11.8. The highest BCUT2D eigenvalue weighted by molar-refractivity contribution is 6.26. The lowest BCUT2D eigenvalue weighted by Crippen LogP contribution is -2.11. The normalized spacial score (nSPS) is 11.9. The third-order valence-electron chi connectivity index (χ3n) is 11.8. The number of hydrogen-bond donors (Lipinski definition) is 0. The number of para-hydroxylation sites is 1. The molecule has 11 aromatic rings. The number of hydrogen-bond acceptors (Lipinski definition) is 1. The van der Waals surface area contributed by atoms with Crippen LogP contribution in [-0.2, 0) is 0 Å². The number of nitrogens with zero attached hydrogens (tertiary/aromatic N) is 2. The lowest BCUT2D eigenvalue weighted by molar-refractivity contribution is 1.18. The molecule has 0 aliphatic heterocycles. The molecule has 1 heterocycles. The molecule has 10 aromatic carbocycles. The topological polar surface area (TPSA) is 8.17 Å². The molecule has 0 atom stereocenters. The molecule has 0 amide bonds. The van der Waals surface area contributed by atoms with Crippen molar-refractivity contribution in [1.29, 1.82) is 0 Å². The van der Waals surface area contributed by atoms with Gasteiger partial charge in [-0.05, 0) is 109 Å². The molecule has 1 aromatic heterocycles. The first kappa shape index (κ1) is 31.0. The highest BCUT2D eigenvalue weighted by Crippen LogP contribution is 2.56. The Morgan fingerprint density at radius 2 is 1.02 bits per heavy atom. The van der Waals surface area contributed by atoms with Crippen LogP contribution in [-0.4, -0.2) is 4.57 Å². The molecule has 56 heavy (non-hydrogen) atoms. The van der Waals surface area contributed by atoms with Gasteiger partial charge in [-0.1, -0.05) is 152 Å². The van der Waals surface area contributed by atoms with Crippen LogP contribution in [0.1, 0.15) is 0 Å². The van der Waals surface area contributed by atoms with Gasteiger partial charge in [-0.15, -0.1) is 0 Å². The predicted molar refractivity (Wildman–Crippen MR) is 238 cm³/mol. The van der Waals surface area contributed by atoms with Crippen molar-refractivity contribution in [3.05, 3.63) is 206 Å². The van der Waals surface area contributed by atoms with Gasteiger partial charge in [-0.25, -0.2) is 0 Å². The molecule has 2 nitrogen and oxygen atoms in total. The maximum Gasteiger partial charge on any atom is 0.0561 e. The Morgan fingerprint density at radius 1 is 0.339 bits per heavy atom. The number of aromatic nitrogens is 1. The van der Waals surface area contributed by atoms with Gasteiger partial charge in [-0.3, -0.25) is 0 Å². The fourth-order valence-corrected chi connectivity index (χ4v) is 9.39. The molecule has 12 rings (SSSR count). The minimum Gasteiger partial charge on any atom is -0.310 e. The van der Waals surface area contributed by atoms with Crippen molar-refractivity contribution >= 4 is 71.2 Å². The predicted octanol–water partition coefficient (Wildman–Crippen LogP) is 15.0. The molecular formula is C54H34N2. The summed E-state index contributed by atoms with van der Waals surface area (Å²) in [5.41, 5.74) is 14.4. The molecule has 0 saturated carbocycles. The van der Waals surface area contributed by atoms with Gasteiger partial charge in [0.2, 0.25) is 0 Å². The highest BCUT2D eigenvalue weighted by Gasteiger charge is 2.29. The van der Waals surface area contributed by atoms with E-state index in [9.17, 15) is 0 Å². The molecule has 0 bridgehead atoms. The molecule has 260 valence electrons. The molecule has 0 saturated heterocycles. The van der Waals surface area contributed by atoms with Crippen LogP contribution in [0.4, 0.5) is 17.1 Å². The summed E-state index contributed by atoms with van der Waals surface area (Å²) in [7, 11) is 0. The quantitative estimate of drug-likeness (QED) is 0.161. The van der Waals surface area contributed by atoms with E-state index in [0.29, 0.717) is 0 Å². The van der Waals surface area contributed by atoms with E-state index in [-0.39, 0.29) is 0 Å². The van der Waals surface area contributed by atoms with Crippen molar-refractivity contribution < 1.29 is 0 Å². The fourth-order valence-electron chi connectivity index (χ4n) is 9.39. The maximum absolute atomic E-state index is 2.49. The number of fused-ring (bicyclic) bond motifs is 9. The molecule has 0 N–H and O–H groups in total. The lowest BCUT2D eigenvalue weighted by Gasteiger charge is -2.29. The number of rotatable bonds is 5. The van der Waals surface area contributed by atoms with E-state index >= 15 is 0 Å². The Labute approximate surface area is 324 Å². The van der Waals surface area contributed by atoms with Crippen LogP contribution in [0, 0.1) is 0 Å². The van der Waals surface area contributed by atoms with Gasteiger partial charge in [-0.2, -0.15) is 0 Å². The second kappa shape index (κ2) is 12.0. The molecule has 0 unspecified atom stereocenters. The summed E-state index contributed by atoms with van der Waals surface area (Å²) in [6.07, 6.45) is 0. The smallest absolute Gasteiger partial charge is 0.0561 e. The van der Waals surface area contributed by atoms with Gasteiger partial charge in [0.25, 0.3) is 0 Å². The number of benzene rings is 10. The van der Waals surface area contributed by atoms with E-state index in [1.54, 1.807) is 0 Å². The first-order chi connectivity index (χ1) is 27.8. The van der Waals surface area contributed by atoms with Gasteiger partial charge in [0.15, 0.2) is 0 Å². The van der Waals surface area contributed by atoms with E-state index in [0.717, 1.165) is 22.7 Å². The molecule has 0 spiro atoms. The Bertz CT molecular complexity index is 3370. The second-order valence-corrected chi connectivity index (χ2v) is 14.9. The summed E-state index contributed by atoms with van der Waals surface area (Å²) >= 11 is 0. The number of anilines is 3. The Morgan fingerprint density at radius 3 is 1.93 bits per heavy atom. The van der Waals surface area contributed by atoms with Crippen molar-refractivity contribution in [1.82, 2.24) is 4.57 Å². The van der Waals surface area contributed by atoms with E-state index in [2.05, 4.69) is 216 Å². The summed E-state index contributed by atoms with van der Waals surface area (Å²) in [4.78, 5) is 2.49. The highest BCUT2D eigenvalue weighted by atomic mass is 15.1. The largest absolute Gasteiger partial charge is 0.310 e. The van der Waals surface area contributed by atoms with Crippen LogP contribution in [0.25, 0.3) is 93.2 Å². The van der Waals surface area contributed by atoms with Crippen molar-refractivity contribution in [3.8, 4) is 39.1 Å². The Kier molecular flexibility index (Phi) is 6.66. The third kappa shape index (κ3) is 4.57. The van der Waals surface area contributed by atoms with E-state index in [1.807, 2.05) is 0 Å². The SMILES string of the molecule is c1ccc(-c2cccc(N(c3ccc4c5ccccc5n(-c5ccc6ccccc6c5)c4c3)c3cccc4c3-c3c5ccccc5cc5cccc-4c35)c2)cc1. The second-order valence-electron chi connectivity index (χ2n) is 14.9.